The van der Waals surface area contributed by atoms with E-state index in [9.17, 15) is 9.90 Å². The monoisotopic (exact) mass is 183 g/mol. The van der Waals surface area contributed by atoms with Gasteiger partial charge in [0.15, 0.2) is 11.5 Å². The molecular weight excluding hydrogens is 174 g/mol. The van der Waals surface area contributed by atoms with Crippen molar-refractivity contribution < 1.29 is 20.1 Å². The van der Waals surface area contributed by atoms with Gasteiger partial charge in [-0.2, -0.15) is 0 Å². The molecular formula is C8H9NO4. The van der Waals surface area contributed by atoms with Gasteiger partial charge in [-0.05, 0) is 6.07 Å². The van der Waals surface area contributed by atoms with E-state index in [0.717, 1.165) is 12.1 Å². The number of benzene rings is 1. The van der Waals surface area contributed by atoms with Crippen LogP contribution in [0.1, 0.15) is 5.56 Å². The number of aromatic hydroxyl groups is 3. The highest BCUT2D eigenvalue weighted by Crippen LogP contribution is 2.32. The molecule has 5 nitrogen and oxygen atoms in total. The molecule has 0 spiro atoms. The molecule has 0 unspecified atom stereocenters. The minimum absolute atomic E-state index is 0.181. The van der Waals surface area contributed by atoms with Crippen LogP contribution in [0.4, 0.5) is 0 Å². The number of amides is 1. The van der Waals surface area contributed by atoms with E-state index in [1.807, 2.05) is 0 Å². The van der Waals surface area contributed by atoms with E-state index >= 15 is 0 Å². The largest absolute Gasteiger partial charge is 0.508 e. The molecule has 5 heteroatoms. The quantitative estimate of drug-likeness (QED) is 0.377. The van der Waals surface area contributed by atoms with Crippen molar-refractivity contribution in [2.24, 2.45) is 5.73 Å². The molecule has 1 aromatic carbocycles. The van der Waals surface area contributed by atoms with Gasteiger partial charge in [0.25, 0.3) is 0 Å². The highest BCUT2D eigenvalue weighted by atomic mass is 16.3. The van der Waals surface area contributed by atoms with Crippen LogP contribution >= 0.6 is 0 Å². The summed E-state index contributed by atoms with van der Waals surface area (Å²) in [5.41, 5.74) is 5.07. The molecule has 0 aliphatic heterocycles. The Hall–Kier alpha value is -1.91. The number of carbonyl (C=O) groups is 1. The summed E-state index contributed by atoms with van der Waals surface area (Å²) in [5, 5.41) is 27.1. The minimum Gasteiger partial charge on any atom is -0.508 e. The Balaban J connectivity index is 3.08. The average molecular weight is 183 g/mol. The first-order valence-corrected chi connectivity index (χ1v) is 3.53. The van der Waals surface area contributed by atoms with E-state index in [2.05, 4.69) is 0 Å². The molecule has 0 aromatic heterocycles. The van der Waals surface area contributed by atoms with Crippen molar-refractivity contribution in [3.05, 3.63) is 17.7 Å². The molecule has 0 aliphatic carbocycles. The van der Waals surface area contributed by atoms with E-state index in [4.69, 9.17) is 15.9 Å². The van der Waals surface area contributed by atoms with Crippen molar-refractivity contribution in [2.75, 3.05) is 0 Å². The molecule has 1 rings (SSSR count). The maximum absolute atomic E-state index is 10.5. The Kier molecular flexibility index (Phi) is 2.27. The summed E-state index contributed by atoms with van der Waals surface area (Å²) < 4.78 is 0. The van der Waals surface area contributed by atoms with Crippen LogP contribution in [0, 0.1) is 0 Å². The number of hydrogen-bond donors (Lipinski definition) is 4. The molecule has 0 fully saturated rings. The van der Waals surface area contributed by atoms with Crippen LogP contribution in [-0.2, 0) is 11.2 Å². The van der Waals surface area contributed by atoms with Crippen LogP contribution in [0.25, 0.3) is 0 Å². The minimum atomic E-state index is -0.625. The Bertz CT molecular complexity index is 348. The standard InChI is InChI=1S/C8H9NO4/c9-8(13)2-4-1-6(11)7(12)3-5(4)10/h1,3,10-12H,2H2,(H2,9,13). The molecule has 1 amide bonds. The van der Waals surface area contributed by atoms with E-state index in [0.29, 0.717) is 0 Å². The van der Waals surface area contributed by atoms with E-state index in [1.54, 1.807) is 0 Å². The third-order valence-corrected chi connectivity index (χ3v) is 1.54. The highest BCUT2D eigenvalue weighted by molar-refractivity contribution is 5.77. The number of rotatable bonds is 2. The number of phenols is 3. The highest BCUT2D eigenvalue weighted by Gasteiger charge is 2.09. The number of carbonyl (C=O) groups excluding carboxylic acids is 1. The number of primary amides is 1. The van der Waals surface area contributed by atoms with Crippen LogP contribution < -0.4 is 5.73 Å². The average Bonchev–Trinajstić information content (AvgIpc) is 1.99. The van der Waals surface area contributed by atoms with E-state index in [-0.39, 0.29) is 17.7 Å². The summed E-state index contributed by atoms with van der Waals surface area (Å²) in [4.78, 5) is 10.5. The van der Waals surface area contributed by atoms with Crippen molar-refractivity contribution in [1.29, 1.82) is 0 Å². The van der Waals surface area contributed by atoms with Gasteiger partial charge in [-0.25, -0.2) is 0 Å². The zero-order chi connectivity index (χ0) is 10.0. The second-order valence-corrected chi connectivity index (χ2v) is 2.61. The van der Waals surface area contributed by atoms with Crippen LogP contribution in [-0.4, -0.2) is 21.2 Å². The van der Waals surface area contributed by atoms with Crippen molar-refractivity contribution in [1.82, 2.24) is 0 Å². The van der Waals surface area contributed by atoms with Crippen molar-refractivity contribution in [2.45, 2.75) is 6.42 Å². The maximum Gasteiger partial charge on any atom is 0.221 e. The van der Waals surface area contributed by atoms with Gasteiger partial charge < -0.3 is 21.1 Å². The lowest BCUT2D eigenvalue weighted by Gasteiger charge is -2.04. The first kappa shape index (κ1) is 9.18. The zero-order valence-corrected chi connectivity index (χ0v) is 6.69. The fourth-order valence-corrected chi connectivity index (χ4v) is 0.938. The summed E-state index contributed by atoms with van der Waals surface area (Å²) in [6.45, 7) is 0. The Morgan fingerprint density at radius 3 is 2.23 bits per heavy atom. The second kappa shape index (κ2) is 3.22. The summed E-state index contributed by atoms with van der Waals surface area (Å²) in [6.07, 6.45) is -0.181. The van der Waals surface area contributed by atoms with Gasteiger partial charge >= 0.3 is 0 Å². The van der Waals surface area contributed by atoms with Crippen LogP contribution in [0.3, 0.4) is 0 Å². The molecule has 1 aromatic rings. The molecule has 0 heterocycles. The van der Waals surface area contributed by atoms with Gasteiger partial charge in [0, 0.05) is 11.6 Å². The molecule has 0 bridgehead atoms. The fourth-order valence-electron chi connectivity index (χ4n) is 0.938. The normalized spacial score (nSPS) is 9.85. The predicted octanol–water partition coefficient (Wildman–Crippen LogP) is -0.169. The first-order chi connectivity index (χ1) is 6.00. The van der Waals surface area contributed by atoms with Gasteiger partial charge in [0.1, 0.15) is 5.75 Å². The van der Waals surface area contributed by atoms with Crippen LogP contribution in [0.15, 0.2) is 12.1 Å². The topological polar surface area (TPSA) is 104 Å². The summed E-state index contributed by atoms with van der Waals surface area (Å²) in [7, 11) is 0. The molecule has 0 saturated heterocycles. The molecule has 0 aliphatic rings. The molecule has 0 saturated carbocycles. The van der Waals surface area contributed by atoms with E-state index in [1.165, 1.54) is 0 Å². The lowest BCUT2D eigenvalue weighted by Crippen LogP contribution is -2.13. The predicted molar refractivity (Wildman–Crippen MR) is 44.3 cm³/mol. The van der Waals surface area contributed by atoms with Crippen LogP contribution in [0.2, 0.25) is 0 Å². The maximum atomic E-state index is 10.5. The third kappa shape index (κ3) is 2.02. The van der Waals surface area contributed by atoms with Crippen molar-refractivity contribution in [3.63, 3.8) is 0 Å². The van der Waals surface area contributed by atoms with Crippen LogP contribution in [0.5, 0.6) is 17.2 Å². The smallest absolute Gasteiger partial charge is 0.221 e. The van der Waals surface area contributed by atoms with Gasteiger partial charge in [0.05, 0.1) is 6.42 Å². The second-order valence-electron chi connectivity index (χ2n) is 2.61. The Labute approximate surface area is 74.0 Å². The Morgan fingerprint density at radius 2 is 1.69 bits per heavy atom. The molecule has 70 valence electrons. The van der Waals surface area contributed by atoms with Crippen molar-refractivity contribution >= 4 is 5.91 Å². The van der Waals surface area contributed by atoms with Gasteiger partial charge in [-0.1, -0.05) is 0 Å². The van der Waals surface area contributed by atoms with Gasteiger partial charge in [-0.15, -0.1) is 0 Å². The molecule has 0 atom stereocenters. The van der Waals surface area contributed by atoms with Gasteiger partial charge in [0.2, 0.25) is 5.91 Å². The SMILES string of the molecule is NC(=O)Cc1cc(O)c(O)cc1O. The molecule has 13 heavy (non-hydrogen) atoms. The number of phenolic OH excluding ortho intramolecular Hbond substituents is 3. The first-order valence-electron chi connectivity index (χ1n) is 3.53. The summed E-state index contributed by atoms with van der Waals surface area (Å²) in [6, 6.07) is 2.04. The zero-order valence-electron chi connectivity index (χ0n) is 6.69. The fraction of sp³-hybridized carbons (Fsp3) is 0.125. The number of nitrogens with two attached hydrogens (primary N) is 1. The summed E-state index contributed by atoms with van der Waals surface area (Å²) in [5.74, 6) is -1.73. The van der Waals surface area contributed by atoms with Gasteiger partial charge in [-0.3, -0.25) is 4.79 Å². The Morgan fingerprint density at radius 1 is 1.15 bits per heavy atom. The lowest BCUT2D eigenvalue weighted by atomic mass is 10.1. The summed E-state index contributed by atoms with van der Waals surface area (Å²) >= 11 is 0. The lowest BCUT2D eigenvalue weighted by molar-refractivity contribution is -0.117. The van der Waals surface area contributed by atoms with E-state index < -0.39 is 17.4 Å². The van der Waals surface area contributed by atoms with Crippen molar-refractivity contribution in [3.8, 4) is 17.2 Å². The molecule has 0 radical (unpaired) electrons. The number of hydrogen-bond acceptors (Lipinski definition) is 4. The molecule has 5 N–H and O–H groups in total. The third-order valence-electron chi connectivity index (χ3n) is 1.54.